The molecule has 1 aromatic carbocycles. The van der Waals surface area contributed by atoms with Gasteiger partial charge in [-0.2, -0.15) is 9.40 Å². The predicted octanol–water partition coefficient (Wildman–Crippen LogP) is 2.65. The second kappa shape index (κ2) is 9.25. The highest BCUT2D eigenvalue weighted by molar-refractivity contribution is 7.89. The molecule has 0 bridgehead atoms. The Kier molecular flexibility index (Phi) is 7.45. The Bertz CT molecular complexity index is 950. The first-order chi connectivity index (χ1) is 13.4. The van der Waals surface area contributed by atoms with Crippen LogP contribution < -0.4 is 5.32 Å². The van der Waals surface area contributed by atoms with E-state index in [1.54, 1.807) is 17.8 Å². The number of sulfonamides is 1. The number of aryl methyl sites for hydroxylation is 1. The van der Waals surface area contributed by atoms with Crippen molar-refractivity contribution >= 4 is 33.3 Å². The minimum atomic E-state index is -3.89. The summed E-state index contributed by atoms with van der Waals surface area (Å²) in [5.41, 5.74) is 0.642. The van der Waals surface area contributed by atoms with Crippen molar-refractivity contribution in [2.24, 2.45) is 7.05 Å². The minimum absolute atomic E-state index is 0.0352. The summed E-state index contributed by atoms with van der Waals surface area (Å²) in [5, 5.41) is 7.57. The van der Waals surface area contributed by atoms with Gasteiger partial charge in [0.25, 0.3) is 0 Å². The summed E-state index contributed by atoms with van der Waals surface area (Å²) in [6, 6.07) is 7.59. The van der Waals surface area contributed by atoms with E-state index in [2.05, 4.69) is 10.4 Å². The number of anilines is 1. The lowest BCUT2D eigenvalue weighted by atomic mass is 9.92. The number of hydrogen-bond donors (Lipinski definition) is 1. The van der Waals surface area contributed by atoms with Crippen molar-refractivity contribution in [1.29, 1.82) is 0 Å². The standard InChI is InChI=1S/C19H27ClN4O4S/c1-19(2,3)16-12-17(23(4)22-16)21-18(25)13-24(10-11-28-5)29(26,27)15-8-6-14(20)7-9-15/h6-9,12H,10-11,13H2,1-5H3,(H,21,25). The number of nitrogens with one attached hydrogen (secondary N) is 1. The number of carbonyl (C=O) groups excluding carboxylic acids is 1. The Morgan fingerprint density at radius 3 is 2.41 bits per heavy atom. The Balaban J connectivity index is 2.20. The van der Waals surface area contributed by atoms with Crippen LogP contribution in [0.1, 0.15) is 26.5 Å². The van der Waals surface area contributed by atoms with Gasteiger partial charge in [0.1, 0.15) is 5.82 Å². The van der Waals surface area contributed by atoms with Gasteiger partial charge in [-0.15, -0.1) is 0 Å². The number of carbonyl (C=O) groups is 1. The van der Waals surface area contributed by atoms with Crippen LogP contribution in [0.2, 0.25) is 5.02 Å². The lowest BCUT2D eigenvalue weighted by Gasteiger charge is -2.21. The average molecular weight is 443 g/mol. The van der Waals surface area contributed by atoms with Gasteiger partial charge in [0, 0.05) is 37.2 Å². The Morgan fingerprint density at radius 2 is 1.90 bits per heavy atom. The molecule has 0 radical (unpaired) electrons. The van der Waals surface area contributed by atoms with Gasteiger partial charge < -0.3 is 10.1 Å². The number of methoxy groups -OCH3 is 1. The highest BCUT2D eigenvalue weighted by Gasteiger charge is 2.27. The molecule has 160 valence electrons. The molecule has 0 spiro atoms. The lowest BCUT2D eigenvalue weighted by Crippen LogP contribution is -2.40. The second-order valence-electron chi connectivity index (χ2n) is 7.62. The highest BCUT2D eigenvalue weighted by Crippen LogP contribution is 2.23. The van der Waals surface area contributed by atoms with Crippen molar-refractivity contribution in [3.63, 3.8) is 0 Å². The molecular formula is C19H27ClN4O4S. The van der Waals surface area contributed by atoms with Gasteiger partial charge in [0.15, 0.2) is 0 Å². The molecule has 2 aromatic rings. The van der Waals surface area contributed by atoms with E-state index in [0.29, 0.717) is 10.8 Å². The van der Waals surface area contributed by atoms with E-state index in [-0.39, 0.29) is 30.0 Å². The van der Waals surface area contributed by atoms with Crippen LogP contribution in [0, 0.1) is 0 Å². The second-order valence-corrected chi connectivity index (χ2v) is 10.00. The maximum Gasteiger partial charge on any atom is 0.243 e. The molecule has 1 N–H and O–H groups in total. The number of amides is 1. The van der Waals surface area contributed by atoms with Gasteiger partial charge in [-0.1, -0.05) is 32.4 Å². The summed E-state index contributed by atoms with van der Waals surface area (Å²) in [6.07, 6.45) is 0. The molecule has 0 aliphatic carbocycles. The number of nitrogens with zero attached hydrogens (tertiary/aromatic N) is 3. The first kappa shape index (κ1) is 23.3. The van der Waals surface area contributed by atoms with Gasteiger partial charge >= 0.3 is 0 Å². The van der Waals surface area contributed by atoms with Gasteiger partial charge in [-0.3, -0.25) is 9.48 Å². The third kappa shape index (κ3) is 6.02. The van der Waals surface area contributed by atoms with E-state index in [9.17, 15) is 13.2 Å². The summed E-state index contributed by atoms with van der Waals surface area (Å²) in [5.74, 6) is 0.0256. The number of hydrogen-bond acceptors (Lipinski definition) is 5. The van der Waals surface area contributed by atoms with Crippen LogP contribution >= 0.6 is 11.6 Å². The van der Waals surface area contributed by atoms with Gasteiger partial charge in [-0.05, 0) is 24.3 Å². The molecule has 0 fully saturated rings. The molecule has 10 heteroatoms. The Hall–Kier alpha value is -1.94. The van der Waals surface area contributed by atoms with Crippen LogP contribution in [0.25, 0.3) is 0 Å². The molecule has 0 saturated heterocycles. The molecule has 1 aromatic heterocycles. The molecule has 29 heavy (non-hydrogen) atoms. The molecule has 0 aliphatic rings. The monoisotopic (exact) mass is 442 g/mol. The van der Waals surface area contributed by atoms with Crippen molar-refractivity contribution in [3.05, 3.63) is 41.0 Å². The molecule has 0 saturated carbocycles. The van der Waals surface area contributed by atoms with E-state index in [1.165, 1.54) is 31.4 Å². The summed E-state index contributed by atoms with van der Waals surface area (Å²) in [4.78, 5) is 12.7. The first-order valence-corrected chi connectivity index (χ1v) is 10.9. The fourth-order valence-electron chi connectivity index (χ4n) is 2.53. The van der Waals surface area contributed by atoms with Crippen LogP contribution in [-0.4, -0.2) is 55.2 Å². The third-order valence-corrected chi connectivity index (χ3v) is 6.34. The van der Waals surface area contributed by atoms with Crippen LogP contribution in [0.5, 0.6) is 0 Å². The maximum atomic E-state index is 13.0. The third-order valence-electron chi connectivity index (χ3n) is 4.23. The molecule has 8 nitrogen and oxygen atoms in total. The van der Waals surface area contributed by atoms with Gasteiger partial charge in [-0.25, -0.2) is 8.42 Å². The van der Waals surface area contributed by atoms with Crippen molar-refractivity contribution in [3.8, 4) is 0 Å². The maximum absolute atomic E-state index is 13.0. The number of aromatic nitrogens is 2. The normalized spacial score (nSPS) is 12.4. The minimum Gasteiger partial charge on any atom is -0.383 e. The molecule has 1 amide bonds. The summed E-state index contributed by atoms with van der Waals surface area (Å²) >= 11 is 5.85. The summed E-state index contributed by atoms with van der Waals surface area (Å²) < 4.78 is 33.6. The first-order valence-electron chi connectivity index (χ1n) is 9.04. The van der Waals surface area contributed by atoms with Crippen LogP contribution in [0.3, 0.4) is 0 Å². The zero-order chi connectivity index (χ0) is 21.8. The fourth-order valence-corrected chi connectivity index (χ4v) is 4.03. The number of benzene rings is 1. The topological polar surface area (TPSA) is 93.5 Å². The van der Waals surface area contributed by atoms with E-state index in [1.807, 2.05) is 20.8 Å². The molecule has 0 aliphatic heterocycles. The van der Waals surface area contributed by atoms with Gasteiger partial charge in [0.2, 0.25) is 15.9 Å². The summed E-state index contributed by atoms with van der Waals surface area (Å²) in [6.45, 7) is 5.89. The Morgan fingerprint density at radius 1 is 1.28 bits per heavy atom. The average Bonchev–Trinajstić information content (AvgIpc) is 2.99. The van der Waals surface area contributed by atoms with Crippen LogP contribution in [-0.2, 0) is 32.0 Å². The summed E-state index contributed by atoms with van der Waals surface area (Å²) in [7, 11) is -0.705. The SMILES string of the molecule is COCCN(CC(=O)Nc1cc(C(C)(C)C)nn1C)S(=O)(=O)c1ccc(Cl)cc1. The number of halogens is 1. The molecule has 0 unspecified atom stereocenters. The van der Waals surface area contributed by atoms with Crippen LogP contribution in [0.15, 0.2) is 35.2 Å². The number of ether oxygens (including phenoxy) is 1. The van der Waals surface area contributed by atoms with Crippen molar-refractivity contribution in [2.45, 2.75) is 31.1 Å². The van der Waals surface area contributed by atoms with E-state index >= 15 is 0 Å². The van der Waals surface area contributed by atoms with Gasteiger partial charge in [0.05, 0.1) is 23.7 Å². The van der Waals surface area contributed by atoms with E-state index in [0.717, 1.165) is 10.00 Å². The quantitative estimate of drug-likeness (QED) is 0.678. The number of rotatable bonds is 8. The molecule has 2 rings (SSSR count). The molecule has 0 atom stereocenters. The zero-order valence-electron chi connectivity index (χ0n) is 17.3. The van der Waals surface area contributed by atoms with Crippen molar-refractivity contribution in [1.82, 2.24) is 14.1 Å². The van der Waals surface area contributed by atoms with E-state index in [4.69, 9.17) is 16.3 Å². The van der Waals surface area contributed by atoms with E-state index < -0.39 is 15.9 Å². The zero-order valence-corrected chi connectivity index (χ0v) is 18.8. The Labute approximate surface area is 176 Å². The molecular weight excluding hydrogens is 416 g/mol. The van der Waals surface area contributed by atoms with Crippen molar-refractivity contribution < 1.29 is 17.9 Å². The van der Waals surface area contributed by atoms with Crippen LogP contribution in [0.4, 0.5) is 5.82 Å². The van der Waals surface area contributed by atoms with Crippen molar-refractivity contribution in [2.75, 3.05) is 32.1 Å². The largest absolute Gasteiger partial charge is 0.383 e. The predicted molar refractivity (Wildman–Crippen MR) is 113 cm³/mol. The molecule has 1 heterocycles. The smallest absolute Gasteiger partial charge is 0.243 e. The fraction of sp³-hybridized carbons (Fsp3) is 0.474. The highest BCUT2D eigenvalue weighted by atomic mass is 35.5. The lowest BCUT2D eigenvalue weighted by molar-refractivity contribution is -0.116.